The molecular formula is C15H25N3O. The molecule has 0 amide bonds. The van der Waals surface area contributed by atoms with Crippen LogP contribution in [-0.2, 0) is 0 Å². The number of rotatable bonds is 6. The van der Waals surface area contributed by atoms with Gasteiger partial charge >= 0.3 is 0 Å². The van der Waals surface area contributed by atoms with Crippen LogP contribution < -0.4 is 10.1 Å². The van der Waals surface area contributed by atoms with E-state index in [2.05, 4.69) is 22.2 Å². The first-order valence-corrected chi connectivity index (χ1v) is 7.47. The SMILES string of the molecule is CCOc1ccnc(NCCC2CCC(C)CC2)n1. The van der Waals surface area contributed by atoms with E-state index in [1.54, 1.807) is 12.3 Å². The number of nitrogens with one attached hydrogen (secondary N) is 1. The lowest BCUT2D eigenvalue weighted by atomic mass is 9.81. The standard InChI is InChI=1S/C15H25N3O/c1-3-19-14-9-11-17-15(18-14)16-10-8-13-6-4-12(2)5-7-13/h9,11-13H,3-8,10H2,1-2H3,(H,16,17,18). The second-order valence-electron chi connectivity index (χ2n) is 5.49. The largest absolute Gasteiger partial charge is 0.478 e. The van der Waals surface area contributed by atoms with E-state index >= 15 is 0 Å². The van der Waals surface area contributed by atoms with Crippen molar-refractivity contribution in [2.45, 2.75) is 46.0 Å². The van der Waals surface area contributed by atoms with Gasteiger partial charge in [0, 0.05) is 18.8 Å². The van der Waals surface area contributed by atoms with Gasteiger partial charge in [-0.25, -0.2) is 4.98 Å². The third-order valence-corrected chi connectivity index (χ3v) is 3.89. The Balaban J connectivity index is 1.71. The molecule has 1 aliphatic carbocycles. The molecule has 1 N–H and O–H groups in total. The summed E-state index contributed by atoms with van der Waals surface area (Å²) in [6, 6.07) is 1.79. The zero-order valence-electron chi connectivity index (χ0n) is 12.1. The molecule has 0 atom stereocenters. The lowest BCUT2D eigenvalue weighted by Crippen LogP contribution is -2.16. The van der Waals surface area contributed by atoms with Crippen LogP contribution in [0.3, 0.4) is 0 Å². The Labute approximate surface area is 116 Å². The molecule has 0 radical (unpaired) electrons. The number of nitrogens with zero attached hydrogens (tertiary/aromatic N) is 2. The quantitative estimate of drug-likeness (QED) is 0.853. The van der Waals surface area contributed by atoms with Crippen molar-refractivity contribution in [2.24, 2.45) is 11.8 Å². The van der Waals surface area contributed by atoms with Crippen LogP contribution in [0.5, 0.6) is 5.88 Å². The Hall–Kier alpha value is -1.32. The highest BCUT2D eigenvalue weighted by atomic mass is 16.5. The zero-order valence-corrected chi connectivity index (χ0v) is 12.1. The molecule has 19 heavy (non-hydrogen) atoms. The molecule has 0 bridgehead atoms. The third-order valence-electron chi connectivity index (χ3n) is 3.89. The maximum Gasteiger partial charge on any atom is 0.225 e. The van der Waals surface area contributed by atoms with E-state index < -0.39 is 0 Å². The number of anilines is 1. The Bertz CT molecular complexity index is 375. The van der Waals surface area contributed by atoms with Crippen LogP contribution in [0.2, 0.25) is 0 Å². The molecule has 0 spiro atoms. The van der Waals surface area contributed by atoms with Crippen LogP contribution >= 0.6 is 0 Å². The molecule has 106 valence electrons. The maximum atomic E-state index is 5.36. The van der Waals surface area contributed by atoms with Crippen molar-refractivity contribution in [1.29, 1.82) is 0 Å². The summed E-state index contributed by atoms with van der Waals surface area (Å²) in [5, 5.41) is 3.30. The van der Waals surface area contributed by atoms with Crippen LogP contribution in [0.4, 0.5) is 5.95 Å². The molecule has 0 aromatic carbocycles. The summed E-state index contributed by atoms with van der Waals surface area (Å²) in [6.45, 7) is 5.91. The summed E-state index contributed by atoms with van der Waals surface area (Å²) >= 11 is 0. The third kappa shape index (κ3) is 4.69. The molecule has 2 rings (SSSR count). The van der Waals surface area contributed by atoms with Crippen molar-refractivity contribution in [3.63, 3.8) is 0 Å². The van der Waals surface area contributed by atoms with Gasteiger partial charge in [0.25, 0.3) is 0 Å². The highest BCUT2D eigenvalue weighted by molar-refractivity contribution is 5.27. The van der Waals surface area contributed by atoms with E-state index in [0.29, 0.717) is 18.4 Å². The summed E-state index contributed by atoms with van der Waals surface area (Å²) in [6.07, 6.45) is 8.49. The fourth-order valence-electron chi connectivity index (χ4n) is 2.66. The van der Waals surface area contributed by atoms with Gasteiger partial charge in [-0.05, 0) is 25.2 Å². The van der Waals surface area contributed by atoms with Crippen molar-refractivity contribution in [2.75, 3.05) is 18.5 Å². The Kier molecular flexibility index (Phi) is 5.43. The molecule has 0 aliphatic heterocycles. The molecule has 1 saturated carbocycles. The molecule has 0 unspecified atom stereocenters. The van der Waals surface area contributed by atoms with Crippen molar-refractivity contribution < 1.29 is 4.74 Å². The van der Waals surface area contributed by atoms with Crippen LogP contribution in [0.25, 0.3) is 0 Å². The zero-order chi connectivity index (χ0) is 13.5. The summed E-state index contributed by atoms with van der Waals surface area (Å²) < 4.78 is 5.36. The van der Waals surface area contributed by atoms with Gasteiger partial charge in [-0.1, -0.05) is 32.6 Å². The number of hydrogen-bond acceptors (Lipinski definition) is 4. The number of ether oxygens (including phenoxy) is 1. The van der Waals surface area contributed by atoms with Gasteiger partial charge in [-0.15, -0.1) is 0 Å². The minimum absolute atomic E-state index is 0.636. The molecule has 0 saturated heterocycles. The predicted molar refractivity (Wildman–Crippen MR) is 77.4 cm³/mol. The minimum atomic E-state index is 0.636. The molecule has 1 aromatic heterocycles. The molecule has 1 aromatic rings. The van der Waals surface area contributed by atoms with Crippen LogP contribution in [0.1, 0.15) is 46.0 Å². The van der Waals surface area contributed by atoms with E-state index in [1.807, 2.05) is 6.92 Å². The highest BCUT2D eigenvalue weighted by Gasteiger charge is 2.17. The molecular weight excluding hydrogens is 238 g/mol. The first-order valence-electron chi connectivity index (χ1n) is 7.47. The Morgan fingerprint density at radius 1 is 1.32 bits per heavy atom. The molecule has 1 aliphatic rings. The summed E-state index contributed by atoms with van der Waals surface area (Å²) in [4.78, 5) is 8.53. The van der Waals surface area contributed by atoms with Crippen molar-refractivity contribution in [3.05, 3.63) is 12.3 Å². The molecule has 1 heterocycles. The van der Waals surface area contributed by atoms with Crippen molar-refractivity contribution in [1.82, 2.24) is 9.97 Å². The highest BCUT2D eigenvalue weighted by Crippen LogP contribution is 2.30. The molecule has 4 heteroatoms. The van der Waals surface area contributed by atoms with E-state index in [0.717, 1.165) is 18.4 Å². The average molecular weight is 263 g/mol. The van der Waals surface area contributed by atoms with Gasteiger partial charge < -0.3 is 10.1 Å². The van der Waals surface area contributed by atoms with Crippen LogP contribution in [-0.4, -0.2) is 23.1 Å². The first-order chi connectivity index (χ1) is 9.28. The van der Waals surface area contributed by atoms with Crippen molar-refractivity contribution in [3.8, 4) is 5.88 Å². The second kappa shape index (κ2) is 7.31. The smallest absolute Gasteiger partial charge is 0.225 e. The maximum absolute atomic E-state index is 5.36. The van der Waals surface area contributed by atoms with Crippen molar-refractivity contribution >= 4 is 5.95 Å². The Morgan fingerprint density at radius 2 is 2.11 bits per heavy atom. The van der Waals surface area contributed by atoms with Gasteiger partial charge in [-0.2, -0.15) is 4.98 Å². The topological polar surface area (TPSA) is 47.0 Å². The second-order valence-corrected chi connectivity index (χ2v) is 5.49. The number of hydrogen-bond donors (Lipinski definition) is 1. The first kappa shape index (κ1) is 14.1. The van der Waals surface area contributed by atoms with Gasteiger partial charge in [0.05, 0.1) is 6.61 Å². The van der Waals surface area contributed by atoms with E-state index in [1.165, 1.54) is 32.1 Å². The van der Waals surface area contributed by atoms with Gasteiger partial charge in [0.1, 0.15) is 0 Å². The van der Waals surface area contributed by atoms with Crippen LogP contribution in [0, 0.1) is 11.8 Å². The fraction of sp³-hybridized carbons (Fsp3) is 0.733. The van der Waals surface area contributed by atoms with Gasteiger partial charge in [0.15, 0.2) is 0 Å². The minimum Gasteiger partial charge on any atom is -0.478 e. The fourth-order valence-corrected chi connectivity index (χ4v) is 2.66. The van der Waals surface area contributed by atoms with Gasteiger partial charge in [0.2, 0.25) is 11.8 Å². The normalized spacial score (nSPS) is 23.1. The summed E-state index contributed by atoms with van der Waals surface area (Å²) in [7, 11) is 0. The summed E-state index contributed by atoms with van der Waals surface area (Å²) in [5.41, 5.74) is 0. The van der Waals surface area contributed by atoms with E-state index in [4.69, 9.17) is 4.74 Å². The Morgan fingerprint density at radius 3 is 2.84 bits per heavy atom. The predicted octanol–water partition coefficient (Wildman–Crippen LogP) is 3.50. The molecule has 1 fully saturated rings. The van der Waals surface area contributed by atoms with Crippen LogP contribution in [0.15, 0.2) is 12.3 Å². The monoisotopic (exact) mass is 263 g/mol. The van der Waals surface area contributed by atoms with E-state index in [-0.39, 0.29) is 0 Å². The summed E-state index contributed by atoms with van der Waals surface area (Å²) in [5.74, 6) is 3.12. The lowest BCUT2D eigenvalue weighted by Gasteiger charge is -2.26. The van der Waals surface area contributed by atoms with E-state index in [9.17, 15) is 0 Å². The van der Waals surface area contributed by atoms with Gasteiger partial charge in [-0.3, -0.25) is 0 Å². The number of aromatic nitrogens is 2. The average Bonchev–Trinajstić information content (AvgIpc) is 2.42. The molecule has 4 nitrogen and oxygen atoms in total. The lowest BCUT2D eigenvalue weighted by molar-refractivity contribution is 0.281.